The topological polar surface area (TPSA) is 21.3 Å². The second-order valence-electron chi connectivity index (χ2n) is 7.95. The zero-order valence-corrected chi connectivity index (χ0v) is 16.4. The lowest BCUT2D eigenvalue weighted by Gasteiger charge is -2.36. The van der Waals surface area contributed by atoms with Gasteiger partial charge in [-0.2, -0.15) is 0 Å². The Morgan fingerprint density at radius 3 is 2.55 bits per heavy atom. The van der Waals surface area contributed by atoms with E-state index in [1.54, 1.807) is 0 Å². The highest BCUT2D eigenvalue weighted by Crippen LogP contribution is 2.37. The van der Waals surface area contributed by atoms with Crippen LogP contribution in [0.1, 0.15) is 44.7 Å². The zero-order chi connectivity index (χ0) is 16.4. The molecule has 1 aromatic rings. The predicted octanol–water partition coefficient (Wildman–Crippen LogP) is 5.16. The molecule has 0 amide bonds. The molecule has 0 spiro atoms. The molecule has 0 unspecified atom stereocenters. The Morgan fingerprint density at radius 2 is 1.95 bits per heavy atom. The molecule has 0 heterocycles. The maximum atomic E-state index is 6.35. The van der Waals surface area contributed by atoms with E-state index in [0.29, 0.717) is 6.61 Å². The van der Waals surface area contributed by atoms with E-state index in [0.717, 1.165) is 29.6 Å². The molecule has 0 bridgehead atoms. The molecule has 124 valence electrons. The van der Waals surface area contributed by atoms with Crippen LogP contribution >= 0.6 is 11.6 Å². The maximum absolute atomic E-state index is 6.35. The monoisotopic (exact) mass is 339 g/mol. The maximum Gasteiger partial charge on any atom is 0.192 e. The quantitative estimate of drug-likeness (QED) is 0.693. The van der Waals surface area contributed by atoms with Gasteiger partial charge in [0.1, 0.15) is 0 Å². The fraction of sp³-hybridized carbons (Fsp3) is 0.667. The van der Waals surface area contributed by atoms with Crippen LogP contribution in [0.3, 0.4) is 0 Å². The Kier molecular flexibility index (Phi) is 5.76. The van der Waals surface area contributed by atoms with E-state index in [9.17, 15) is 0 Å². The van der Waals surface area contributed by atoms with Crippen molar-refractivity contribution in [1.82, 2.24) is 5.32 Å². The molecule has 4 heteroatoms. The first-order valence-electron chi connectivity index (χ1n) is 8.34. The third-order valence-corrected chi connectivity index (χ3v) is 9.78. The second-order valence-corrected chi connectivity index (χ2v) is 13.2. The molecule has 22 heavy (non-hydrogen) atoms. The first-order valence-corrected chi connectivity index (χ1v) is 11.6. The molecule has 0 atom stereocenters. The minimum Gasteiger partial charge on any atom is -0.413 e. The Bertz CT molecular complexity index is 506. The predicted molar refractivity (Wildman–Crippen MR) is 98.2 cm³/mol. The van der Waals surface area contributed by atoms with Crippen LogP contribution in [0.25, 0.3) is 0 Å². The molecule has 0 aromatic heterocycles. The van der Waals surface area contributed by atoms with Crippen molar-refractivity contribution in [3.8, 4) is 0 Å². The van der Waals surface area contributed by atoms with E-state index in [2.05, 4.69) is 51.3 Å². The number of hydrogen-bond acceptors (Lipinski definition) is 2. The first kappa shape index (κ1) is 18.0. The number of rotatable bonds is 7. The molecule has 1 aliphatic carbocycles. The van der Waals surface area contributed by atoms with Crippen molar-refractivity contribution in [2.75, 3.05) is 6.54 Å². The number of halogens is 1. The smallest absolute Gasteiger partial charge is 0.192 e. The summed E-state index contributed by atoms with van der Waals surface area (Å²) in [5.41, 5.74) is 2.46. The summed E-state index contributed by atoms with van der Waals surface area (Å²) in [5, 5.41) is 4.60. The minimum absolute atomic E-state index is 0.227. The van der Waals surface area contributed by atoms with Gasteiger partial charge in [-0.25, -0.2) is 0 Å². The van der Waals surface area contributed by atoms with Crippen LogP contribution in [0.15, 0.2) is 18.2 Å². The van der Waals surface area contributed by atoms with Crippen molar-refractivity contribution in [2.24, 2.45) is 0 Å². The molecule has 0 radical (unpaired) electrons. The van der Waals surface area contributed by atoms with Crippen LogP contribution < -0.4 is 5.32 Å². The van der Waals surface area contributed by atoms with Crippen LogP contribution in [0.2, 0.25) is 23.2 Å². The van der Waals surface area contributed by atoms with Crippen LogP contribution in [-0.2, 0) is 17.5 Å². The Balaban J connectivity index is 1.94. The van der Waals surface area contributed by atoms with Gasteiger partial charge in [0.15, 0.2) is 8.32 Å². The average Bonchev–Trinajstić information content (AvgIpc) is 3.22. The first-order chi connectivity index (χ1) is 10.2. The molecule has 1 aliphatic rings. The Morgan fingerprint density at radius 1 is 1.27 bits per heavy atom. The molecule has 1 fully saturated rings. The lowest BCUT2D eigenvalue weighted by atomic mass is 10.1. The van der Waals surface area contributed by atoms with E-state index in [4.69, 9.17) is 16.0 Å². The Hall–Kier alpha value is -0.353. The van der Waals surface area contributed by atoms with Crippen molar-refractivity contribution in [2.45, 2.75) is 70.8 Å². The fourth-order valence-electron chi connectivity index (χ4n) is 2.08. The van der Waals surface area contributed by atoms with Gasteiger partial charge in [0.25, 0.3) is 0 Å². The van der Waals surface area contributed by atoms with Gasteiger partial charge in [0.2, 0.25) is 0 Å². The third-order valence-electron chi connectivity index (χ3n) is 4.93. The molecule has 0 saturated heterocycles. The largest absolute Gasteiger partial charge is 0.413 e. The zero-order valence-electron chi connectivity index (χ0n) is 14.6. The number of nitrogens with one attached hydrogen (secondary N) is 1. The molecule has 1 aromatic carbocycles. The SMILES string of the molecule is CC(C)(C)[Si](C)(C)OCc1cc(CCNC2CC2)ccc1Cl. The fourth-order valence-corrected chi connectivity index (χ4v) is 3.20. The van der Waals surface area contributed by atoms with Crippen molar-refractivity contribution < 1.29 is 4.43 Å². The summed E-state index contributed by atoms with van der Waals surface area (Å²) in [6, 6.07) is 7.13. The third kappa shape index (κ3) is 5.09. The van der Waals surface area contributed by atoms with E-state index in [1.807, 2.05) is 6.07 Å². The summed E-state index contributed by atoms with van der Waals surface area (Å²) >= 11 is 6.35. The van der Waals surface area contributed by atoms with Gasteiger partial charge in [-0.3, -0.25) is 0 Å². The van der Waals surface area contributed by atoms with Gasteiger partial charge >= 0.3 is 0 Å². The summed E-state index contributed by atoms with van der Waals surface area (Å²) in [4.78, 5) is 0. The molecule has 2 rings (SSSR count). The van der Waals surface area contributed by atoms with E-state index in [-0.39, 0.29) is 5.04 Å². The van der Waals surface area contributed by atoms with Gasteiger partial charge in [-0.05, 0) is 61.1 Å². The molecule has 1 N–H and O–H groups in total. The normalized spacial score (nSPS) is 16.1. The average molecular weight is 340 g/mol. The lowest BCUT2D eigenvalue weighted by molar-refractivity contribution is 0.276. The van der Waals surface area contributed by atoms with E-state index < -0.39 is 8.32 Å². The molecular formula is C18H30ClNOSi. The van der Waals surface area contributed by atoms with Gasteiger partial charge < -0.3 is 9.74 Å². The lowest BCUT2D eigenvalue weighted by Crippen LogP contribution is -2.40. The molecule has 1 saturated carbocycles. The van der Waals surface area contributed by atoms with E-state index in [1.165, 1.54) is 18.4 Å². The second kappa shape index (κ2) is 7.04. The minimum atomic E-state index is -1.73. The van der Waals surface area contributed by atoms with Crippen molar-refractivity contribution in [3.63, 3.8) is 0 Å². The van der Waals surface area contributed by atoms with Gasteiger partial charge in [-0.15, -0.1) is 0 Å². The van der Waals surface area contributed by atoms with E-state index >= 15 is 0 Å². The number of hydrogen-bond donors (Lipinski definition) is 1. The van der Waals surface area contributed by atoms with Crippen molar-refractivity contribution in [3.05, 3.63) is 34.3 Å². The van der Waals surface area contributed by atoms with Crippen molar-refractivity contribution in [1.29, 1.82) is 0 Å². The van der Waals surface area contributed by atoms with Gasteiger partial charge in [0.05, 0.1) is 6.61 Å². The van der Waals surface area contributed by atoms with Crippen LogP contribution in [-0.4, -0.2) is 20.9 Å². The van der Waals surface area contributed by atoms with Gasteiger partial charge in [0, 0.05) is 11.1 Å². The summed E-state index contributed by atoms with van der Waals surface area (Å²) in [7, 11) is -1.73. The summed E-state index contributed by atoms with van der Waals surface area (Å²) in [6.07, 6.45) is 3.74. The highest BCUT2D eigenvalue weighted by atomic mass is 35.5. The molecule has 0 aliphatic heterocycles. The van der Waals surface area contributed by atoms with Gasteiger partial charge in [-0.1, -0.05) is 44.5 Å². The summed E-state index contributed by atoms with van der Waals surface area (Å²) in [5.74, 6) is 0. The molecule has 2 nitrogen and oxygen atoms in total. The molecular weight excluding hydrogens is 310 g/mol. The number of benzene rings is 1. The standard InChI is InChI=1S/C18H30ClNOSi/c1-18(2,3)22(4,5)21-13-15-12-14(6-9-17(15)19)10-11-20-16-7-8-16/h6,9,12,16,20H,7-8,10-11,13H2,1-5H3. The van der Waals surface area contributed by atoms with Crippen LogP contribution in [0.4, 0.5) is 0 Å². The highest BCUT2D eigenvalue weighted by Gasteiger charge is 2.37. The van der Waals surface area contributed by atoms with Crippen molar-refractivity contribution >= 4 is 19.9 Å². The summed E-state index contributed by atoms with van der Waals surface area (Å²) < 4.78 is 6.31. The van der Waals surface area contributed by atoms with Crippen LogP contribution in [0.5, 0.6) is 0 Å². The summed E-state index contributed by atoms with van der Waals surface area (Å²) in [6.45, 7) is 13.0. The Labute approximate surface area is 141 Å². The van der Waals surface area contributed by atoms with Crippen LogP contribution in [0, 0.1) is 0 Å². The highest BCUT2D eigenvalue weighted by molar-refractivity contribution is 6.74.